The molecular formula is C40H73O10P. The third kappa shape index (κ3) is 36.3. The Morgan fingerprint density at radius 2 is 1.08 bits per heavy atom. The van der Waals surface area contributed by atoms with Crippen molar-refractivity contribution < 1.29 is 47.8 Å². The largest absolute Gasteiger partial charge is 0.472 e. The molecule has 0 saturated heterocycles. The number of hydrogen-bond acceptors (Lipinski definition) is 9. The van der Waals surface area contributed by atoms with Gasteiger partial charge in [0.1, 0.15) is 12.7 Å². The molecule has 0 aromatic carbocycles. The molecule has 0 saturated carbocycles. The number of rotatable bonds is 37. The molecule has 0 aliphatic carbocycles. The maximum Gasteiger partial charge on any atom is 0.472 e. The summed E-state index contributed by atoms with van der Waals surface area (Å²) in [5, 5.41) is 18.3. The predicted molar refractivity (Wildman–Crippen MR) is 205 cm³/mol. The third-order valence-corrected chi connectivity index (χ3v) is 9.26. The van der Waals surface area contributed by atoms with Gasteiger partial charge in [0.25, 0.3) is 0 Å². The minimum Gasteiger partial charge on any atom is -0.462 e. The molecule has 0 aromatic heterocycles. The maximum absolute atomic E-state index is 12.6. The fourth-order valence-electron chi connectivity index (χ4n) is 5.24. The minimum absolute atomic E-state index is 0.183. The number of phosphoric acid groups is 1. The normalized spacial score (nSPS) is 14.4. The Kier molecular flexibility index (Phi) is 35.2. The highest BCUT2D eigenvalue weighted by molar-refractivity contribution is 7.47. The molecule has 0 aliphatic heterocycles. The van der Waals surface area contributed by atoms with Crippen LogP contribution in [0.4, 0.5) is 0 Å². The van der Waals surface area contributed by atoms with Gasteiger partial charge in [-0.3, -0.25) is 18.6 Å². The van der Waals surface area contributed by atoms with E-state index < -0.39 is 51.8 Å². The SMILES string of the molecule is CCC=CCC=CCC=CCCCCCCCC(=O)OC[C@H](COP(=O)(O)OC[C@@H](O)CO)OC(=O)CCCCCCCCCCCCCCC. The van der Waals surface area contributed by atoms with E-state index in [1.54, 1.807) is 0 Å². The molecule has 0 aliphatic rings. The highest BCUT2D eigenvalue weighted by Gasteiger charge is 2.27. The molecule has 3 N–H and O–H groups in total. The summed E-state index contributed by atoms with van der Waals surface area (Å²) in [6, 6.07) is 0. The second-order valence-corrected chi connectivity index (χ2v) is 14.7. The molecular weight excluding hydrogens is 671 g/mol. The van der Waals surface area contributed by atoms with Crippen molar-refractivity contribution in [3.63, 3.8) is 0 Å². The lowest BCUT2D eigenvalue weighted by Gasteiger charge is -2.20. The van der Waals surface area contributed by atoms with Crippen molar-refractivity contribution in [2.45, 2.75) is 180 Å². The summed E-state index contributed by atoms with van der Waals surface area (Å²) in [5.41, 5.74) is 0. The number of carbonyl (C=O) groups is 2. The number of hydrogen-bond donors (Lipinski definition) is 3. The lowest BCUT2D eigenvalue weighted by Crippen LogP contribution is -2.29. The standard InChI is InChI=1S/C40H73O10P/c1-3-5-7-9-11-13-15-17-18-20-21-23-25-27-29-31-39(43)47-35-38(36-49-51(45,46)48-34-37(42)33-41)50-40(44)32-30-28-26-24-22-19-16-14-12-10-8-6-4-2/h5,7,11,13,17-18,37-38,41-42H,3-4,6,8-10,12,14-16,19-36H2,1-2H3,(H,45,46)/t37-,38+/m0/s1. The highest BCUT2D eigenvalue weighted by atomic mass is 31.2. The second kappa shape index (κ2) is 36.5. The van der Waals surface area contributed by atoms with E-state index in [9.17, 15) is 24.2 Å². The lowest BCUT2D eigenvalue weighted by atomic mass is 10.0. The number of allylic oxidation sites excluding steroid dienone is 6. The average molecular weight is 745 g/mol. The molecule has 0 radical (unpaired) electrons. The molecule has 0 rings (SSSR count). The van der Waals surface area contributed by atoms with Crippen LogP contribution in [-0.4, -0.2) is 65.7 Å². The summed E-state index contributed by atoms with van der Waals surface area (Å²) in [4.78, 5) is 34.9. The van der Waals surface area contributed by atoms with E-state index in [1.807, 2.05) is 0 Å². The van der Waals surface area contributed by atoms with E-state index >= 15 is 0 Å². The minimum atomic E-state index is -4.61. The monoisotopic (exact) mass is 744 g/mol. The first-order chi connectivity index (χ1) is 24.7. The summed E-state index contributed by atoms with van der Waals surface area (Å²) >= 11 is 0. The van der Waals surface area contributed by atoms with Crippen molar-refractivity contribution in [2.75, 3.05) is 26.4 Å². The van der Waals surface area contributed by atoms with Gasteiger partial charge in [-0.25, -0.2) is 4.57 Å². The summed E-state index contributed by atoms with van der Waals surface area (Å²) < 4.78 is 32.6. The molecule has 0 heterocycles. The molecule has 0 fully saturated rings. The number of aliphatic hydroxyl groups is 2. The Morgan fingerprint density at radius 3 is 1.63 bits per heavy atom. The van der Waals surface area contributed by atoms with Crippen LogP contribution < -0.4 is 0 Å². The van der Waals surface area contributed by atoms with E-state index in [4.69, 9.17) is 19.1 Å². The van der Waals surface area contributed by atoms with Crippen molar-refractivity contribution in [1.29, 1.82) is 0 Å². The third-order valence-electron chi connectivity index (χ3n) is 8.31. The maximum atomic E-state index is 12.6. The fourth-order valence-corrected chi connectivity index (χ4v) is 6.03. The van der Waals surface area contributed by atoms with Gasteiger partial charge in [-0.05, 0) is 44.9 Å². The molecule has 298 valence electrons. The predicted octanol–water partition coefficient (Wildman–Crippen LogP) is 10.00. The summed E-state index contributed by atoms with van der Waals surface area (Å²) in [7, 11) is -4.61. The van der Waals surface area contributed by atoms with E-state index in [0.29, 0.717) is 12.8 Å². The Hall–Kier alpha value is -1.81. The number of carbonyl (C=O) groups excluding carboxylic acids is 2. The fraction of sp³-hybridized carbons (Fsp3) is 0.800. The summed E-state index contributed by atoms with van der Waals surface area (Å²) in [6.45, 7) is 2.24. The zero-order chi connectivity index (χ0) is 37.7. The first-order valence-electron chi connectivity index (χ1n) is 19.9. The van der Waals surface area contributed by atoms with Crippen LogP contribution in [0.5, 0.6) is 0 Å². The van der Waals surface area contributed by atoms with E-state index in [0.717, 1.165) is 70.6 Å². The summed E-state index contributed by atoms with van der Waals surface area (Å²) in [6.07, 6.45) is 35.4. The van der Waals surface area contributed by atoms with E-state index in [2.05, 4.69) is 54.8 Å². The first kappa shape index (κ1) is 49.2. The molecule has 0 amide bonds. The van der Waals surface area contributed by atoms with Crippen LogP contribution >= 0.6 is 7.82 Å². The van der Waals surface area contributed by atoms with Crippen molar-refractivity contribution in [3.8, 4) is 0 Å². The number of ether oxygens (including phenoxy) is 2. The van der Waals surface area contributed by atoms with Gasteiger partial charge in [-0.2, -0.15) is 0 Å². The molecule has 1 unspecified atom stereocenters. The molecule has 0 bridgehead atoms. The van der Waals surface area contributed by atoms with Crippen LogP contribution in [-0.2, 0) is 32.7 Å². The molecule has 3 atom stereocenters. The van der Waals surface area contributed by atoms with Crippen molar-refractivity contribution >= 4 is 19.8 Å². The summed E-state index contributed by atoms with van der Waals surface area (Å²) in [5.74, 6) is -0.943. The van der Waals surface area contributed by atoms with Gasteiger partial charge in [-0.15, -0.1) is 0 Å². The Bertz CT molecular complexity index is 952. The zero-order valence-electron chi connectivity index (χ0n) is 32.1. The quantitative estimate of drug-likeness (QED) is 0.0243. The van der Waals surface area contributed by atoms with Crippen LogP contribution in [0.25, 0.3) is 0 Å². The topological polar surface area (TPSA) is 149 Å². The molecule has 51 heavy (non-hydrogen) atoms. The highest BCUT2D eigenvalue weighted by Crippen LogP contribution is 2.43. The molecule has 0 spiro atoms. The van der Waals surface area contributed by atoms with Crippen molar-refractivity contribution in [2.24, 2.45) is 0 Å². The average Bonchev–Trinajstić information content (AvgIpc) is 3.12. The van der Waals surface area contributed by atoms with Gasteiger partial charge < -0.3 is 24.6 Å². The number of phosphoric ester groups is 1. The van der Waals surface area contributed by atoms with Gasteiger partial charge in [0.2, 0.25) is 0 Å². The van der Waals surface area contributed by atoms with Gasteiger partial charge in [0.15, 0.2) is 6.10 Å². The van der Waals surface area contributed by atoms with Crippen LogP contribution in [0, 0.1) is 0 Å². The number of unbranched alkanes of at least 4 members (excludes halogenated alkanes) is 17. The first-order valence-corrected chi connectivity index (χ1v) is 21.4. The Balaban J connectivity index is 4.36. The smallest absolute Gasteiger partial charge is 0.462 e. The molecule has 11 heteroatoms. The zero-order valence-corrected chi connectivity index (χ0v) is 33.0. The van der Waals surface area contributed by atoms with Gasteiger partial charge >= 0.3 is 19.8 Å². The lowest BCUT2D eigenvalue weighted by molar-refractivity contribution is -0.161. The van der Waals surface area contributed by atoms with Crippen LogP contribution in [0.2, 0.25) is 0 Å². The van der Waals surface area contributed by atoms with Crippen LogP contribution in [0.1, 0.15) is 168 Å². The van der Waals surface area contributed by atoms with E-state index in [1.165, 1.54) is 57.8 Å². The number of esters is 2. The van der Waals surface area contributed by atoms with Gasteiger partial charge in [0.05, 0.1) is 19.8 Å². The van der Waals surface area contributed by atoms with Crippen molar-refractivity contribution in [1.82, 2.24) is 0 Å². The Labute approximate surface area is 310 Å². The molecule has 10 nitrogen and oxygen atoms in total. The van der Waals surface area contributed by atoms with Crippen LogP contribution in [0.3, 0.4) is 0 Å². The van der Waals surface area contributed by atoms with Crippen molar-refractivity contribution in [3.05, 3.63) is 36.5 Å². The van der Waals surface area contributed by atoms with Gasteiger partial charge in [0, 0.05) is 12.8 Å². The van der Waals surface area contributed by atoms with Crippen LogP contribution in [0.15, 0.2) is 36.5 Å². The molecule has 0 aromatic rings. The Morgan fingerprint density at radius 1 is 0.608 bits per heavy atom. The van der Waals surface area contributed by atoms with E-state index in [-0.39, 0.29) is 19.4 Å². The van der Waals surface area contributed by atoms with Gasteiger partial charge in [-0.1, -0.05) is 147 Å². The number of aliphatic hydroxyl groups excluding tert-OH is 2. The second-order valence-electron chi connectivity index (χ2n) is 13.3.